The van der Waals surface area contributed by atoms with Crippen LogP contribution in [-0.2, 0) is 16.3 Å². The Morgan fingerprint density at radius 1 is 1.12 bits per heavy atom. The minimum atomic E-state index is -3.77. The van der Waals surface area contributed by atoms with Crippen LogP contribution in [0.25, 0.3) is 0 Å². The first kappa shape index (κ1) is 17.8. The summed E-state index contributed by atoms with van der Waals surface area (Å²) >= 11 is 1.76. The average molecular weight is 394 g/mol. The van der Waals surface area contributed by atoms with E-state index in [-0.39, 0.29) is 15.9 Å². The van der Waals surface area contributed by atoms with Gasteiger partial charge in [0.1, 0.15) is 17.7 Å². The highest BCUT2D eigenvalue weighted by atomic mass is 32.2. The zero-order chi connectivity index (χ0) is 18.1. The quantitative estimate of drug-likeness (QED) is 0.758. The van der Waals surface area contributed by atoms with Crippen LogP contribution < -0.4 is 9.46 Å². The lowest BCUT2D eigenvalue weighted by Gasteiger charge is -2.26. The van der Waals surface area contributed by atoms with Crippen LogP contribution in [0.5, 0.6) is 5.75 Å². The summed E-state index contributed by atoms with van der Waals surface area (Å²) in [4.78, 5) is 0.0788. The van der Waals surface area contributed by atoms with Gasteiger partial charge in [0, 0.05) is 11.8 Å². The number of rotatable bonds is 6. The minimum absolute atomic E-state index is 0.0286. The number of aryl methyl sites for hydroxylation is 1. The summed E-state index contributed by atoms with van der Waals surface area (Å²) < 4.78 is 48.3. The third kappa shape index (κ3) is 3.89. The van der Waals surface area contributed by atoms with Crippen molar-refractivity contribution in [2.75, 3.05) is 6.54 Å². The largest absolute Gasteiger partial charge is 0.489 e. The van der Waals surface area contributed by atoms with Crippen LogP contribution in [0.3, 0.4) is 0 Å². The van der Waals surface area contributed by atoms with Gasteiger partial charge >= 0.3 is 0 Å². The van der Waals surface area contributed by atoms with Crippen LogP contribution in [0.4, 0.5) is 4.39 Å². The summed E-state index contributed by atoms with van der Waals surface area (Å²) in [6.45, 7) is 0.738. The maximum atomic E-state index is 13.4. The number of hydrogen-bond donors (Lipinski definition) is 1. The Bertz CT molecular complexity index is 913. The minimum Gasteiger partial charge on any atom is -0.489 e. The molecule has 4 nitrogen and oxygen atoms in total. The molecule has 1 N–H and O–H groups in total. The van der Waals surface area contributed by atoms with Gasteiger partial charge < -0.3 is 4.74 Å². The number of benzene rings is 2. The predicted octanol–water partition coefficient (Wildman–Crippen LogP) is 3.75. The van der Waals surface area contributed by atoms with Crippen molar-refractivity contribution in [3.05, 3.63) is 53.8 Å². The number of halogens is 1. The van der Waals surface area contributed by atoms with Crippen LogP contribution in [0, 0.1) is 5.82 Å². The molecule has 0 saturated heterocycles. The lowest BCUT2D eigenvalue weighted by Crippen LogP contribution is -2.31. The fourth-order valence-electron chi connectivity index (χ4n) is 2.93. The molecule has 26 heavy (non-hydrogen) atoms. The van der Waals surface area contributed by atoms with E-state index >= 15 is 0 Å². The Labute approximate surface area is 157 Å². The molecule has 0 aromatic heterocycles. The van der Waals surface area contributed by atoms with Gasteiger partial charge in [-0.25, -0.2) is 12.8 Å². The van der Waals surface area contributed by atoms with Crippen molar-refractivity contribution in [2.45, 2.75) is 46.8 Å². The van der Waals surface area contributed by atoms with Gasteiger partial charge in [-0.3, -0.25) is 4.72 Å². The molecule has 1 fully saturated rings. The predicted molar refractivity (Wildman–Crippen MR) is 99.6 cm³/mol. The normalized spacial score (nSPS) is 19.7. The lowest BCUT2D eigenvalue weighted by atomic mass is 10.0. The molecule has 1 heterocycles. The molecule has 2 aliphatic rings. The zero-order valence-corrected chi connectivity index (χ0v) is 15.8. The molecule has 0 amide bonds. The van der Waals surface area contributed by atoms with Gasteiger partial charge in [-0.2, -0.15) is 0 Å². The van der Waals surface area contributed by atoms with Crippen molar-refractivity contribution >= 4 is 21.8 Å². The fourth-order valence-corrected chi connectivity index (χ4v) is 5.13. The highest BCUT2D eigenvalue weighted by Crippen LogP contribution is 2.34. The zero-order valence-electron chi connectivity index (χ0n) is 14.2. The second kappa shape index (κ2) is 7.21. The molecular formula is C19H20FNO3S2. The Morgan fingerprint density at radius 3 is 2.69 bits per heavy atom. The van der Waals surface area contributed by atoms with E-state index in [9.17, 15) is 12.8 Å². The number of nitrogens with one attached hydrogen (secondary N) is 1. The van der Waals surface area contributed by atoms with E-state index in [0.29, 0.717) is 5.75 Å². The van der Waals surface area contributed by atoms with Gasteiger partial charge in [0.15, 0.2) is 0 Å². The van der Waals surface area contributed by atoms with E-state index in [2.05, 4.69) is 4.72 Å². The topological polar surface area (TPSA) is 55.4 Å². The van der Waals surface area contributed by atoms with E-state index in [0.717, 1.165) is 36.3 Å². The average Bonchev–Trinajstić information content (AvgIpc) is 3.45. The van der Waals surface area contributed by atoms with E-state index < -0.39 is 15.7 Å². The Morgan fingerprint density at radius 2 is 1.92 bits per heavy atom. The maximum Gasteiger partial charge on any atom is 0.206 e. The third-order valence-corrected chi connectivity index (χ3v) is 7.46. The summed E-state index contributed by atoms with van der Waals surface area (Å²) in [7, 11) is -3.77. The van der Waals surface area contributed by atoms with Gasteiger partial charge in [0.2, 0.25) is 9.84 Å². The van der Waals surface area contributed by atoms with Crippen molar-refractivity contribution in [1.82, 2.24) is 4.72 Å². The number of hydrogen-bond acceptors (Lipinski definition) is 5. The van der Waals surface area contributed by atoms with Crippen LogP contribution in [0.15, 0.2) is 52.3 Å². The second-order valence-electron chi connectivity index (χ2n) is 6.67. The van der Waals surface area contributed by atoms with E-state index in [4.69, 9.17) is 4.74 Å². The molecule has 2 aromatic rings. The molecule has 0 bridgehead atoms. The summed E-state index contributed by atoms with van der Waals surface area (Å²) in [6, 6.07) is 10.0. The molecule has 1 atom stereocenters. The summed E-state index contributed by atoms with van der Waals surface area (Å²) in [6.07, 6.45) is 4.33. The van der Waals surface area contributed by atoms with E-state index in [1.807, 2.05) is 0 Å². The molecule has 1 saturated carbocycles. The van der Waals surface area contributed by atoms with Crippen molar-refractivity contribution in [1.29, 1.82) is 0 Å². The monoisotopic (exact) mass is 393 g/mol. The smallest absolute Gasteiger partial charge is 0.206 e. The van der Waals surface area contributed by atoms with Crippen LogP contribution >= 0.6 is 11.9 Å². The van der Waals surface area contributed by atoms with Crippen molar-refractivity contribution < 1.29 is 17.5 Å². The van der Waals surface area contributed by atoms with Crippen molar-refractivity contribution in [2.24, 2.45) is 0 Å². The summed E-state index contributed by atoms with van der Waals surface area (Å²) in [5, 5.41) is 0.730. The molecule has 138 valence electrons. The maximum absolute atomic E-state index is 13.4. The van der Waals surface area contributed by atoms with E-state index in [1.54, 1.807) is 30.1 Å². The second-order valence-corrected chi connectivity index (χ2v) is 9.82. The first-order valence-corrected chi connectivity index (χ1v) is 11.1. The van der Waals surface area contributed by atoms with E-state index in [1.165, 1.54) is 31.0 Å². The molecule has 0 unspecified atom stereocenters. The third-order valence-electron chi connectivity index (χ3n) is 4.57. The first-order valence-electron chi connectivity index (χ1n) is 8.71. The molecule has 0 spiro atoms. The first-order chi connectivity index (χ1) is 12.5. The van der Waals surface area contributed by atoms with Gasteiger partial charge in [0.05, 0.1) is 9.79 Å². The standard InChI is InChI=1S/C19H20FNO3S2/c20-14-2-1-3-17(10-14)26(22,23)18-9-5-13-4-6-15(24-19(13)11-18)12-21-25-16-7-8-16/h1-3,5,9-11,15-16,21H,4,6-8,12H2/t15-/m1/s1. The molecule has 0 radical (unpaired) electrons. The number of sulfone groups is 1. The molecular weight excluding hydrogens is 373 g/mol. The van der Waals surface area contributed by atoms with Gasteiger partial charge in [-0.1, -0.05) is 24.1 Å². The summed E-state index contributed by atoms with van der Waals surface area (Å²) in [5.41, 5.74) is 1.01. The molecule has 4 rings (SSSR count). The highest BCUT2D eigenvalue weighted by Gasteiger charge is 2.26. The van der Waals surface area contributed by atoms with Gasteiger partial charge in [-0.05, 0) is 61.6 Å². The SMILES string of the molecule is O=S(=O)(c1cccc(F)c1)c1ccc2c(c1)O[C@@H](CNSC1CC1)CC2. The van der Waals surface area contributed by atoms with Crippen LogP contribution in [0.2, 0.25) is 0 Å². The van der Waals surface area contributed by atoms with Crippen molar-refractivity contribution in [3.8, 4) is 5.75 Å². The Balaban J connectivity index is 1.52. The lowest BCUT2D eigenvalue weighted by molar-refractivity contribution is 0.177. The van der Waals surface area contributed by atoms with Crippen LogP contribution in [-0.4, -0.2) is 26.3 Å². The Hall–Kier alpha value is -1.57. The van der Waals surface area contributed by atoms with Gasteiger partial charge in [0.25, 0.3) is 0 Å². The summed E-state index contributed by atoms with van der Waals surface area (Å²) in [5.74, 6) is 0.0385. The Kier molecular flexibility index (Phi) is 4.94. The van der Waals surface area contributed by atoms with Crippen LogP contribution in [0.1, 0.15) is 24.8 Å². The number of fused-ring (bicyclic) bond motifs is 1. The molecule has 7 heteroatoms. The number of ether oxygens (including phenoxy) is 1. The van der Waals surface area contributed by atoms with Gasteiger partial charge in [-0.15, -0.1) is 0 Å². The van der Waals surface area contributed by atoms with Crippen molar-refractivity contribution in [3.63, 3.8) is 0 Å². The molecule has 1 aliphatic carbocycles. The molecule has 1 aliphatic heterocycles. The molecule has 2 aromatic carbocycles. The fraction of sp³-hybridized carbons (Fsp3) is 0.368. The highest BCUT2D eigenvalue weighted by molar-refractivity contribution is 7.98.